The quantitative estimate of drug-likeness (QED) is 0.878. The number of para-hydroxylation sites is 1. The number of benzene rings is 2. The van der Waals surface area contributed by atoms with Crippen LogP contribution in [0.3, 0.4) is 0 Å². The van der Waals surface area contributed by atoms with Crippen LogP contribution in [-0.2, 0) is 12.6 Å². The average Bonchev–Trinajstić information content (AvgIpc) is 2.53. The molecule has 1 aliphatic rings. The number of hydrogen-bond acceptors (Lipinski definition) is 2. The summed E-state index contributed by atoms with van der Waals surface area (Å²) in [6.45, 7) is 0.596. The number of halogens is 3. The molecule has 116 valence electrons. The van der Waals surface area contributed by atoms with Gasteiger partial charge in [0.2, 0.25) is 0 Å². The zero-order chi connectivity index (χ0) is 15.7. The number of alkyl halides is 3. The van der Waals surface area contributed by atoms with Crippen LogP contribution in [0.2, 0.25) is 0 Å². The van der Waals surface area contributed by atoms with E-state index < -0.39 is 17.8 Å². The van der Waals surface area contributed by atoms with Gasteiger partial charge in [0, 0.05) is 18.2 Å². The van der Waals surface area contributed by atoms with E-state index in [1.807, 2.05) is 24.3 Å². The Bertz CT molecular complexity index is 652. The Morgan fingerprint density at radius 2 is 1.73 bits per heavy atom. The van der Waals surface area contributed by atoms with Crippen molar-refractivity contribution in [2.24, 2.45) is 5.92 Å². The molecule has 2 atom stereocenters. The molecule has 2 nitrogen and oxygen atoms in total. The molecule has 0 aliphatic carbocycles. The van der Waals surface area contributed by atoms with E-state index in [1.165, 1.54) is 12.1 Å². The fourth-order valence-electron chi connectivity index (χ4n) is 2.83. The van der Waals surface area contributed by atoms with Crippen molar-refractivity contribution in [2.45, 2.75) is 18.7 Å². The van der Waals surface area contributed by atoms with Crippen LogP contribution in [-0.4, -0.2) is 11.7 Å². The summed E-state index contributed by atoms with van der Waals surface area (Å²) in [4.78, 5) is 0. The molecule has 0 amide bonds. The van der Waals surface area contributed by atoms with Crippen LogP contribution in [0, 0.1) is 5.92 Å². The minimum atomic E-state index is -4.35. The fraction of sp³-hybridized carbons (Fsp3) is 0.294. The van der Waals surface area contributed by atoms with Crippen molar-refractivity contribution in [3.8, 4) is 0 Å². The second-order valence-electron chi connectivity index (χ2n) is 5.57. The molecular weight excluding hydrogens is 291 g/mol. The maximum atomic E-state index is 12.6. The molecule has 22 heavy (non-hydrogen) atoms. The molecule has 2 aromatic rings. The van der Waals surface area contributed by atoms with E-state index in [-0.39, 0.29) is 5.92 Å². The van der Waals surface area contributed by atoms with Crippen molar-refractivity contribution in [3.63, 3.8) is 0 Å². The number of rotatable bonds is 2. The van der Waals surface area contributed by atoms with E-state index in [9.17, 15) is 18.3 Å². The third-order valence-electron chi connectivity index (χ3n) is 4.08. The zero-order valence-corrected chi connectivity index (χ0v) is 11.8. The van der Waals surface area contributed by atoms with Crippen molar-refractivity contribution >= 4 is 5.69 Å². The molecule has 2 aromatic carbocycles. The summed E-state index contributed by atoms with van der Waals surface area (Å²) >= 11 is 0. The van der Waals surface area contributed by atoms with Gasteiger partial charge in [0.25, 0.3) is 0 Å². The molecule has 0 fully saturated rings. The lowest BCUT2D eigenvalue weighted by Gasteiger charge is -2.30. The number of nitrogens with one attached hydrogen (secondary N) is 1. The summed E-state index contributed by atoms with van der Waals surface area (Å²) in [5.74, 6) is -0.0633. The van der Waals surface area contributed by atoms with E-state index in [4.69, 9.17) is 0 Å². The minimum absolute atomic E-state index is 0.0633. The molecule has 0 bridgehead atoms. The predicted octanol–water partition coefficient (Wildman–Crippen LogP) is 4.02. The summed E-state index contributed by atoms with van der Waals surface area (Å²) < 4.78 is 37.7. The number of aliphatic hydroxyl groups excluding tert-OH is 1. The third kappa shape index (κ3) is 2.95. The molecule has 0 saturated heterocycles. The van der Waals surface area contributed by atoms with Crippen molar-refractivity contribution in [3.05, 3.63) is 65.2 Å². The monoisotopic (exact) mass is 307 g/mol. The Kier molecular flexibility index (Phi) is 3.83. The average molecular weight is 307 g/mol. The van der Waals surface area contributed by atoms with E-state index in [1.54, 1.807) is 0 Å². The maximum absolute atomic E-state index is 12.6. The van der Waals surface area contributed by atoms with E-state index in [2.05, 4.69) is 5.32 Å². The van der Waals surface area contributed by atoms with Gasteiger partial charge in [-0.15, -0.1) is 0 Å². The van der Waals surface area contributed by atoms with E-state index in [0.29, 0.717) is 18.5 Å². The Labute approximate surface area is 126 Å². The summed E-state index contributed by atoms with van der Waals surface area (Å²) in [6, 6.07) is 12.6. The van der Waals surface area contributed by atoms with Crippen LogP contribution < -0.4 is 5.32 Å². The Morgan fingerprint density at radius 3 is 2.41 bits per heavy atom. The van der Waals surface area contributed by atoms with Crippen molar-refractivity contribution in [1.82, 2.24) is 0 Å². The number of hydrogen-bond donors (Lipinski definition) is 2. The highest BCUT2D eigenvalue weighted by Gasteiger charge is 2.31. The maximum Gasteiger partial charge on any atom is 0.416 e. The molecule has 2 unspecified atom stereocenters. The second kappa shape index (κ2) is 5.65. The molecule has 0 saturated carbocycles. The van der Waals surface area contributed by atoms with E-state index in [0.717, 1.165) is 23.4 Å². The van der Waals surface area contributed by atoms with Gasteiger partial charge in [0.15, 0.2) is 0 Å². The highest BCUT2D eigenvalue weighted by molar-refractivity contribution is 5.53. The molecule has 0 radical (unpaired) electrons. The molecule has 3 rings (SSSR count). The van der Waals surface area contributed by atoms with Gasteiger partial charge in [-0.05, 0) is 35.7 Å². The highest BCUT2D eigenvalue weighted by Crippen LogP contribution is 2.34. The van der Waals surface area contributed by atoms with Crippen LogP contribution in [0.15, 0.2) is 48.5 Å². The smallest absolute Gasteiger partial charge is 0.388 e. The second-order valence-corrected chi connectivity index (χ2v) is 5.57. The summed E-state index contributed by atoms with van der Waals surface area (Å²) in [7, 11) is 0. The first-order chi connectivity index (χ1) is 10.4. The van der Waals surface area contributed by atoms with Gasteiger partial charge in [-0.25, -0.2) is 0 Å². The normalized spacial score (nSPS) is 19.2. The van der Waals surface area contributed by atoms with Crippen molar-refractivity contribution in [2.75, 3.05) is 11.9 Å². The van der Waals surface area contributed by atoms with Crippen LogP contribution in [0.1, 0.15) is 22.8 Å². The lowest BCUT2D eigenvalue weighted by molar-refractivity contribution is -0.137. The predicted molar refractivity (Wildman–Crippen MR) is 78.5 cm³/mol. The summed E-state index contributed by atoms with van der Waals surface area (Å²) in [6.07, 6.45) is -4.44. The van der Waals surface area contributed by atoms with Crippen LogP contribution >= 0.6 is 0 Å². The first kappa shape index (κ1) is 14.9. The summed E-state index contributed by atoms with van der Waals surface area (Å²) in [5, 5.41) is 13.7. The summed E-state index contributed by atoms with van der Waals surface area (Å²) in [5.41, 5.74) is 1.98. The first-order valence-electron chi connectivity index (χ1n) is 7.12. The molecule has 5 heteroatoms. The number of aliphatic hydroxyl groups is 1. The van der Waals surface area contributed by atoms with Gasteiger partial charge in [0.05, 0.1) is 11.7 Å². The lowest BCUT2D eigenvalue weighted by atomic mass is 9.86. The van der Waals surface area contributed by atoms with Crippen LogP contribution in [0.5, 0.6) is 0 Å². The standard InChI is InChI=1S/C17H16F3NO/c18-17(19,20)14-7-5-11(6-8-14)16(22)13-9-12-3-1-2-4-15(12)21-10-13/h1-8,13,16,21-22H,9-10H2. The zero-order valence-electron chi connectivity index (χ0n) is 11.8. The molecule has 2 N–H and O–H groups in total. The number of fused-ring (bicyclic) bond motifs is 1. The fourth-order valence-corrected chi connectivity index (χ4v) is 2.83. The Hall–Kier alpha value is -2.01. The van der Waals surface area contributed by atoms with Crippen LogP contribution in [0.25, 0.3) is 0 Å². The lowest BCUT2D eigenvalue weighted by Crippen LogP contribution is -2.28. The molecule has 1 aliphatic heterocycles. The van der Waals surface area contributed by atoms with Gasteiger partial charge >= 0.3 is 6.18 Å². The van der Waals surface area contributed by atoms with Gasteiger partial charge in [0.1, 0.15) is 0 Å². The van der Waals surface area contributed by atoms with Crippen molar-refractivity contribution in [1.29, 1.82) is 0 Å². The first-order valence-corrected chi connectivity index (χ1v) is 7.12. The highest BCUT2D eigenvalue weighted by atomic mass is 19.4. The Morgan fingerprint density at radius 1 is 1.05 bits per heavy atom. The molecule has 0 aromatic heterocycles. The topological polar surface area (TPSA) is 32.3 Å². The van der Waals surface area contributed by atoms with Gasteiger partial charge < -0.3 is 10.4 Å². The van der Waals surface area contributed by atoms with Gasteiger partial charge in [-0.2, -0.15) is 13.2 Å². The number of anilines is 1. The molecular formula is C17H16F3NO. The van der Waals surface area contributed by atoms with Gasteiger partial charge in [-0.3, -0.25) is 0 Å². The van der Waals surface area contributed by atoms with Gasteiger partial charge in [-0.1, -0.05) is 30.3 Å². The Balaban J connectivity index is 1.76. The molecule has 0 spiro atoms. The third-order valence-corrected chi connectivity index (χ3v) is 4.08. The van der Waals surface area contributed by atoms with E-state index >= 15 is 0 Å². The van der Waals surface area contributed by atoms with Crippen molar-refractivity contribution < 1.29 is 18.3 Å². The largest absolute Gasteiger partial charge is 0.416 e. The SMILES string of the molecule is OC(c1ccc(C(F)(F)F)cc1)C1CNc2ccccc2C1. The minimum Gasteiger partial charge on any atom is -0.388 e. The van der Waals surface area contributed by atoms with Crippen LogP contribution in [0.4, 0.5) is 18.9 Å². The molecule has 1 heterocycles.